The van der Waals surface area contributed by atoms with Crippen LogP contribution in [0, 0.1) is 12.8 Å². The Balaban J connectivity index is 0.000000289. The van der Waals surface area contributed by atoms with Crippen LogP contribution < -0.4 is 19.5 Å². The van der Waals surface area contributed by atoms with Gasteiger partial charge in [-0.1, -0.05) is 18.5 Å². The van der Waals surface area contributed by atoms with E-state index in [4.69, 9.17) is 39.2 Å². The molecule has 2 aromatic rings. The summed E-state index contributed by atoms with van der Waals surface area (Å²) >= 11 is 0. The van der Waals surface area contributed by atoms with E-state index < -0.39 is 36.4 Å². The number of ether oxygens (including phenoxy) is 3. The maximum absolute atomic E-state index is 10.3. The predicted molar refractivity (Wildman–Crippen MR) is 138 cm³/mol. The number of benzene rings is 1. The molecule has 0 amide bonds. The summed E-state index contributed by atoms with van der Waals surface area (Å²) in [5.41, 5.74) is -0.669. The normalized spacial score (nSPS) is 17.7. The number of aliphatic carboxylic acids is 3. The van der Waals surface area contributed by atoms with Crippen LogP contribution in [0.3, 0.4) is 0 Å². The van der Waals surface area contributed by atoms with E-state index in [1.54, 1.807) is 0 Å². The fraction of sp³-hybridized carbons (Fsp3) is 0.556. The van der Waals surface area contributed by atoms with Crippen molar-refractivity contribution in [2.75, 3.05) is 13.4 Å². The molecule has 1 aliphatic heterocycles. The average molecular weight is 565 g/mol. The molecular formula is C27H36N2O11. The maximum Gasteiger partial charge on any atom is 0.336 e. The molecule has 13 nitrogen and oxygen atoms in total. The summed E-state index contributed by atoms with van der Waals surface area (Å²) < 4.78 is 22.4. The van der Waals surface area contributed by atoms with Crippen LogP contribution in [0.4, 0.5) is 0 Å². The summed E-state index contributed by atoms with van der Waals surface area (Å²) in [6, 6.07) is 6.52. The topological polar surface area (TPSA) is 198 Å². The van der Waals surface area contributed by atoms with Gasteiger partial charge in [0.2, 0.25) is 6.79 Å². The number of fused-ring (bicyclic) bond motifs is 1. The van der Waals surface area contributed by atoms with Gasteiger partial charge in [0, 0.05) is 36.7 Å². The molecule has 0 spiro atoms. The molecule has 220 valence electrons. The highest BCUT2D eigenvalue weighted by molar-refractivity contribution is 5.88. The summed E-state index contributed by atoms with van der Waals surface area (Å²) in [6.45, 7) is 5.81. The second-order valence-electron chi connectivity index (χ2n) is 9.96. The second-order valence-corrected chi connectivity index (χ2v) is 9.96. The summed E-state index contributed by atoms with van der Waals surface area (Å²) in [5, 5.41) is 41.6. The van der Waals surface area contributed by atoms with E-state index in [0.717, 1.165) is 53.7 Å². The number of rotatable bonds is 13. The molecule has 0 radical (unpaired) electrons. The number of carboxylic acids is 3. The van der Waals surface area contributed by atoms with Crippen LogP contribution in [0.15, 0.2) is 22.7 Å². The Labute approximate surface area is 231 Å². The summed E-state index contributed by atoms with van der Waals surface area (Å²) in [7, 11) is 0. The molecule has 1 aromatic carbocycles. The van der Waals surface area contributed by atoms with Crippen molar-refractivity contribution in [2.45, 2.75) is 77.0 Å². The zero-order valence-electron chi connectivity index (χ0n) is 22.6. The van der Waals surface area contributed by atoms with Gasteiger partial charge in [0.15, 0.2) is 17.1 Å². The smallest absolute Gasteiger partial charge is 0.336 e. The van der Waals surface area contributed by atoms with Gasteiger partial charge >= 0.3 is 17.9 Å². The van der Waals surface area contributed by atoms with Gasteiger partial charge in [-0.3, -0.25) is 9.59 Å². The van der Waals surface area contributed by atoms with Crippen LogP contribution in [0.2, 0.25) is 0 Å². The Morgan fingerprint density at radius 2 is 1.75 bits per heavy atom. The van der Waals surface area contributed by atoms with Crippen molar-refractivity contribution in [2.24, 2.45) is 5.92 Å². The Hall–Kier alpha value is -3.84. The fourth-order valence-corrected chi connectivity index (χ4v) is 4.73. The van der Waals surface area contributed by atoms with Crippen molar-refractivity contribution in [1.82, 2.24) is 10.5 Å². The van der Waals surface area contributed by atoms with Crippen LogP contribution in [-0.4, -0.2) is 68.5 Å². The van der Waals surface area contributed by atoms with Gasteiger partial charge in [-0.05, 0) is 38.2 Å². The second kappa shape index (κ2) is 14.0. The molecule has 4 rings (SSSR count). The quantitative estimate of drug-likeness (QED) is 0.238. The van der Waals surface area contributed by atoms with Gasteiger partial charge in [0.1, 0.15) is 11.5 Å². The molecule has 2 aliphatic rings. The van der Waals surface area contributed by atoms with Crippen LogP contribution in [0.5, 0.6) is 17.2 Å². The van der Waals surface area contributed by atoms with Gasteiger partial charge in [0.25, 0.3) is 0 Å². The first-order valence-electron chi connectivity index (χ1n) is 13.1. The molecule has 40 heavy (non-hydrogen) atoms. The van der Waals surface area contributed by atoms with E-state index in [2.05, 4.69) is 17.4 Å². The molecule has 0 saturated heterocycles. The molecule has 0 bridgehead atoms. The first kappa shape index (κ1) is 30.7. The van der Waals surface area contributed by atoms with Crippen molar-refractivity contribution in [3.8, 4) is 17.2 Å². The van der Waals surface area contributed by atoms with Crippen LogP contribution in [-0.2, 0) is 27.3 Å². The first-order chi connectivity index (χ1) is 19.0. The SMILES string of the molecule is CCCOc1cc2c(cc1CN[C@@H]1CCC[C@H]1Cc1cc(C)no1)OCO2.O=C(O)CC(O)(CC(=O)O)C(=O)O. The molecule has 13 heteroatoms. The molecule has 0 unspecified atom stereocenters. The molecule has 1 aliphatic carbocycles. The lowest BCUT2D eigenvalue weighted by atomic mass is 9.96. The number of hydrogen-bond acceptors (Lipinski definition) is 10. The minimum Gasteiger partial charge on any atom is -0.493 e. The molecule has 1 saturated carbocycles. The maximum atomic E-state index is 10.3. The molecule has 1 fully saturated rings. The lowest BCUT2D eigenvalue weighted by Crippen LogP contribution is -2.42. The lowest BCUT2D eigenvalue weighted by molar-refractivity contribution is -0.170. The van der Waals surface area contributed by atoms with Crippen molar-refractivity contribution in [3.05, 3.63) is 35.2 Å². The van der Waals surface area contributed by atoms with Crippen LogP contribution >= 0.6 is 0 Å². The third kappa shape index (κ3) is 8.58. The standard InChI is InChI=1S/C21H28N2O4.C6H8O7/c1-3-7-24-19-11-21-20(25-13-26-21)10-16(19)12-22-18-6-4-5-15(18)9-17-8-14(2)23-27-17;7-3(8)1-6(13,5(11)12)2-4(9)10/h8,10-11,15,18,22H,3-7,9,12-13H2,1-2H3;13H,1-2H2,(H,7,8)(H,9,10)(H,11,12)/t15-,18+;/m0./s1. The Kier molecular flexibility index (Phi) is 10.7. The third-order valence-electron chi connectivity index (χ3n) is 6.66. The van der Waals surface area contributed by atoms with E-state index in [1.807, 2.05) is 25.1 Å². The third-order valence-corrected chi connectivity index (χ3v) is 6.66. The van der Waals surface area contributed by atoms with Crippen molar-refractivity contribution in [3.63, 3.8) is 0 Å². The van der Waals surface area contributed by atoms with Crippen LogP contribution in [0.25, 0.3) is 0 Å². The summed E-state index contributed by atoms with van der Waals surface area (Å²) in [6.07, 6.45) is 3.28. The van der Waals surface area contributed by atoms with Crippen molar-refractivity contribution < 1.29 is 53.5 Å². The summed E-state index contributed by atoms with van der Waals surface area (Å²) in [4.78, 5) is 30.5. The minimum absolute atomic E-state index is 0.279. The first-order valence-corrected chi connectivity index (χ1v) is 13.1. The fourth-order valence-electron chi connectivity index (χ4n) is 4.73. The van der Waals surface area contributed by atoms with Gasteiger partial charge in [0.05, 0.1) is 25.1 Å². The zero-order valence-corrected chi connectivity index (χ0v) is 22.6. The highest BCUT2D eigenvalue weighted by atomic mass is 16.7. The number of carboxylic acid groups (broad SMARTS) is 3. The molecule has 2 heterocycles. The average Bonchev–Trinajstić information content (AvgIpc) is 3.62. The predicted octanol–water partition coefficient (Wildman–Crippen LogP) is 2.75. The largest absolute Gasteiger partial charge is 0.493 e. The van der Waals surface area contributed by atoms with Gasteiger partial charge in [-0.25, -0.2) is 4.79 Å². The van der Waals surface area contributed by atoms with E-state index in [0.29, 0.717) is 18.6 Å². The number of nitrogens with zero attached hydrogens (tertiary/aromatic N) is 1. The number of carbonyl (C=O) groups is 3. The minimum atomic E-state index is -2.74. The number of aryl methyl sites for hydroxylation is 1. The highest BCUT2D eigenvalue weighted by Gasteiger charge is 2.40. The number of aliphatic hydroxyl groups is 1. The van der Waals surface area contributed by atoms with Crippen LogP contribution in [0.1, 0.15) is 62.5 Å². The molecule has 2 atom stereocenters. The zero-order chi connectivity index (χ0) is 29.3. The molecular weight excluding hydrogens is 528 g/mol. The molecule has 1 aromatic heterocycles. The highest BCUT2D eigenvalue weighted by Crippen LogP contribution is 2.38. The number of hydrogen-bond donors (Lipinski definition) is 5. The Morgan fingerprint density at radius 1 is 1.07 bits per heavy atom. The van der Waals surface area contributed by atoms with E-state index in [1.165, 1.54) is 19.3 Å². The Bertz CT molecular complexity index is 1160. The number of aromatic nitrogens is 1. The van der Waals surface area contributed by atoms with Crippen molar-refractivity contribution >= 4 is 17.9 Å². The van der Waals surface area contributed by atoms with E-state index in [9.17, 15) is 14.4 Å². The van der Waals surface area contributed by atoms with Gasteiger partial charge < -0.3 is 44.5 Å². The number of nitrogens with one attached hydrogen (secondary N) is 1. The van der Waals surface area contributed by atoms with E-state index in [-0.39, 0.29) is 6.79 Å². The monoisotopic (exact) mass is 564 g/mol. The molecule has 5 N–H and O–H groups in total. The Morgan fingerprint density at radius 3 is 2.33 bits per heavy atom. The van der Waals surface area contributed by atoms with Gasteiger partial charge in [-0.15, -0.1) is 0 Å². The summed E-state index contributed by atoms with van der Waals surface area (Å²) in [5.74, 6) is -1.00. The van der Waals surface area contributed by atoms with Crippen molar-refractivity contribution in [1.29, 1.82) is 0 Å². The van der Waals surface area contributed by atoms with Gasteiger partial charge in [-0.2, -0.15) is 0 Å². The lowest BCUT2D eigenvalue weighted by Gasteiger charge is -2.21. The van der Waals surface area contributed by atoms with E-state index >= 15 is 0 Å².